The second-order valence-corrected chi connectivity index (χ2v) is 6.15. The van der Waals surface area contributed by atoms with Crippen LogP contribution in [0, 0.1) is 10.1 Å². The van der Waals surface area contributed by atoms with Gasteiger partial charge >= 0.3 is 5.00 Å². The number of hydrogen-bond donors (Lipinski definition) is 1. The van der Waals surface area contributed by atoms with Crippen LogP contribution in [0.4, 0.5) is 10.7 Å². The number of benzene rings is 1. The van der Waals surface area contributed by atoms with Crippen LogP contribution < -0.4 is 10.6 Å². The van der Waals surface area contributed by atoms with E-state index in [1.54, 1.807) is 6.07 Å². The minimum absolute atomic E-state index is 0.205. The van der Waals surface area contributed by atoms with Crippen molar-refractivity contribution < 1.29 is 4.92 Å². The van der Waals surface area contributed by atoms with E-state index in [2.05, 4.69) is 23.1 Å². The van der Waals surface area contributed by atoms with E-state index in [-0.39, 0.29) is 9.92 Å². The molecule has 1 aromatic heterocycles. The van der Waals surface area contributed by atoms with Crippen LogP contribution in [0.5, 0.6) is 0 Å². The number of nitrogens with zero attached hydrogens (tertiary/aromatic N) is 2. The number of rotatable bonds is 5. The molecule has 0 aliphatic carbocycles. The number of nitrogens with two attached hydrogens (primary N) is 1. The molecule has 0 saturated heterocycles. The number of fused-ring (bicyclic) bond motifs is 1. The van der Waals surface area contributed by atoms with E-state index in [0.717, 1.165) is 18.5 Å². The first-order valence-electron chi connectivity index (χ1n) is 6.94. The first-order chi connectivity index (χ1) is 10.2. The van der Waals surface area contributed by atoms with Gasteiger partial charge in [0, 0.05) is 36.1 Å². The zero-order valence-electron chi connectivity index (χ0n) is 11.6. The smallest absolute Gasteiger partial charge is 0.324 e. The van der Waals surface area contributed by atoms with Gasteiger partial charge in [-0.1, -0.05) is 29.5 Å². The Labute approximate surface area is 127 Å². The molecule has 1 unspecified atom stereocenters. The number of para-hydroxylation sites is 1. The average molecular weight is 303 g/mol. The maximum absolute atomic E-state index is 10.8. The SMILES string of the molecule is NCCC1CN(Cc2csc([N+](=O)[O-])c2)c2ccccc21. The Kier molecular flexibility index (Phi) is 3.90. The third-order valence-corrected chi connectivity index (χ3v) is 4.80. The van der Waals surface area contributed by atoms with E-state index in [1.165, 1.54) is 22.6 Å². The average Bonchev–Trinajstić information content (AvgIpc) is 3.07. The van der Waals surface area contributed by atoms with E-state index in [9.17, 15) is 10.1 Å². The first-order valence-corrected chi connectivity index (χ1v) is 7.82. The summed E-state index contributed by atoms with van der Waals surface area (Å²) >= 11 is 1.19. The minimum atomic E-state index is -0.330. The quantitative estimate of drug-likeness (QED) is 0.680. The lowest BCUT2D eigenvalue weighted by molar-refractivity contribution is -0.380. The van der Waals surface area contributed by atoms with Crippen molar-refractivity contribution in [2.45, 2.75) is 18.9 Å². The second-order valence-electron chi connectivity index (χ2n) is 5.26. The van der Waals surface area contributed by atoms with Crippen molar-refractivity contribution in [1.29, 1.82) is 0 Å². The molecule has 0 spiro atoms. The molecule has 0 amide bonds. The van der Waals surface area contributed by atoms with Crippen molar-refractivity contribution in [3.05, 3.63) is 57.0 Å². The van der Waals surface area contributed by atoms with Crippen LogP contribution >= 0.6 is 11.3 Å². The van der Waals surface area contributed by atoms with Crippen molar-refractivity contribution in [2.75, 3.05) is 18.0 Å². The van der Waals surface area contributed by atoms with Gasteiger partial charge in [-0.2, -0.15) is 0 Å². The predicted octanol–water partition coefficient (Wildman–Crippen LogP) is 3.11. The maximum Gasteiger partial charge on any atom is 0.324 e. The van der Waals surface area contributed by atoms with E-state index in [1.807, 2.05) is 11.4 Å². The highest BCUT2D eigenvalue weighted by atomic mass is 32.1. The minimum Gasteiger partial charge on any atom is -0.366 e. The van der Waals surface area contributed by atoms with Crippen molar-refractivity contribution in [2.24, 2.45) is 5.73 Å². The molecule has 1 atom stereocenters. The molecule has 5 nitrogen and oxygen atoms in total. The van der Waals surface area contributed by atoms with Crippen LogP contribution in [0.3, 0.4) is 0 Å². The molecule has 110 valence electrons. The summed E-state index contributed by atoms with van der Waals surface area (Å²) in [6.45, 7) is 2.32. The van der Waals surface area contributed by atoms with Crippen LogP contribution in [0.2, 0.25) is 0 Å². The number of anilines is 1. The largest absolute Gasteiger partial charge is 0.366 e. The summed E-state index contributed by atoms with van der Waals surface area (Å²) in [4.78, 5) is 12.7. The Balaban J connectivity index is 1.81. The molecule has 6 heteroatoms. The zero-order valence-corrected chi connectivity index (χ0v) is 12.4. The molecular weight excluding hydrogens is 286 g/mol. The van der Waals surface area contributed by atoms with Crippen LogP contribution in [0.1, 0.15) is 23.5 Å². The molecule has 0 fully saturated rings. The van der Waals surface area contributed by atoms with Gasteiger partial charge in [-0.15, -0.1) is 0 Å². The van der Waals surface area contributed by atoms with Gasteiger partial charge in [0.05, 0.1) is 4.92 Å². The van der Waals surface area contributed by atoms with E-state index < -0.39 is 0 Å². The summed E-state index contributed by atoms with van der Waals surface area (Å²) in [5, 5.41) is 12.9. The maximum atomic E-state index is 10.8. The summed E-state index contributed by atoms with van der Waals surface area (Å²) < 4.78 is 0. The predicted molar refractivity (Wildman–Crippen MR) is 84.9 cm³/mol. The fourth-order valence-electron chi connectivity index (χ4n) is 2.94. The Morgan fingerprint density at radius 2 is 2.24 bits per heavy atom. The van der Waals surface area contributed by atoms with Crippen LogP contribution in [-0.4, -0.2) is 18.0 Å². The standard InChI is InChI=1S/C15H17N3O2S/c16-6-5-12-9-17(14-4-2-1-3-13(12)14)8-11-7-15(18(19)20)21-10-11/h1-4,7,10,12H,5-6,8-9,16H2. The highest BCUT2D eigenvalue weighted by Crippen LogP contribution is 2.39. The summed E-state index contributed by atoms with van der Waals surface area (Å²) in [7, 11) is 0. The molecule has 21 heavy (non-hydrogen) atoms. The lowest BCUT2D eigenvalue weighted by Crippen LogP contribution is -2.21. The van der Waals surface area contributed by atoms with E-state index >= 15 is 0 Å². The van der Waals surface area contributed by atoms with Gasteiger partial charge < -0.3 is 10.6 Å². The fourth-order valence-corrected chi connectivity index (χ4v) is 3.66. The Morgan fingerprint density at radius 1 is 1.43 bits per heavy atom. The zero-order chi connectivity index (χ0) is 14.8. The van der Waals surface area contributed by atoms with Crippen LogP contribution in [-0.2, 0) is 6.54 Å². The highest BCUT2D eigenvalue weighted by Gasteiger charge is 2.28. The topological polar surface area (TPSA) is 72.4 Å². The van der Waals surface area contributed by atoms with Gasteiger partial charge in [-0.25, -0.2) is 0 Å². The molecule has 0 radical (unpaired) electrons. The normalized spacial score (nSPS) is 17.0. The molecule has 1 aromatic carbocycles. The van der Waals surface area contributed by atoms with Gasteiger partial charge in [0.15, 0.2) is 0 Å². The molecule has 0 saturated carbocycles. The Morgan fingerprint density at radius 3 is 2.95 bits per heavy atom. The van der Waals surface area contributed by atoms with Gasteiger partial charge in [0.1, 0.15) is 0 Å². The van der Waals surface area contributed by atoms with Gasteiger partial charge in [0.2, 0.25) is 0 Å². The fraction of sp³-hybridized carbons (Fsp3) is 0.333. The monoisotopic (exact) mass is 303 g/mol. The van der Waals surface area contributed by atoms with Crippen molar-refractivity contribution in [3.8, 4) is 0 Å². The van der Waals surface area contributed by atoms with Crippen LogP contribution in [0.15, 0.2) is 35.7 Å². The van der Waals surface area contributed by atoms with Crippen LogP contribution in [0.25, 0.3) is 0 Å². The molecule has 2 heterocycles. The molecule has 0 bridgehead atoms. The molecule has 1 aliphatic heterocycles. The summed E-state index contributed by atoms with van der Waals surface area (Å²) in [5.74, 6) is 0.458. The molecule has 1 aliphatic rings. The summed E-state index contributed by atoms with van der Waals surface area (Å²) in [6.07, 6.45) is 0.970. The molecule has 2 N–H and O–H groups in total. The Hall–Kier alpha value is -1.92. The van der Waals surface area contributed by atoms with Crippen molar-refractivity contribution >= 4 is 22.0 Å². The van der Waals surface area contributed by atoms with Crippen molar-refractivity contribution in [1.82, 2.24) is 0 Å². The van der Waals surface area contributed by atoms with E-state index in [4.69, 9.17) is 5.73 Å². The van der Waals surface area contributed by atoms with E-state index in [0.29, 0.717) is 19.0 Å². The molecule has 3 rings (SSSR count). The van der Waals surface area contributed by atoms with Gasteiger partial charge in [0.25, 0.3) is 0 Å². The molecular formula is C15H17N3O2S. The first kappa shape index (κ1) is 14.0. The van der Waals surface area contributed by atoms with Gasteiger partial charge in [-0.05, 0) is 30.2 Å². The summed E-state index contributed by atoms with van der Waals surface area (Å²) in [5.41, 5.74) is 9.27. The van der Waals surface area contributed by atoms with Gasteiger partial charge in [-0.3, -0.25) is 10.1 Å². The van der Waals surface area contributed by atoms with Crippen molar-refractivity contribution in [3.63, 3.8) is 0 Å². The lowest BCUT2D eigenvalue weighted by atomic mass is 9.98. The third kappa shape index (κ3) is 2.77. The Bertz CT molecular complexity index is 656. The number of hydrogen-bond acceptors (Lipinski definition) is 5. The number of nitro groups is 1. The number of thiophene rings is 1. The summed E-state index contributed by atoms with van der Waals surface area (Å²) in [6, 6.07) is 10.0. The molecule has 2 aromatic rings. The highest BCUT2D eigenvalue weighted by molar-refractivity contribution is 7.13. The second kappa shape index (κ2) is 5.83. The third-order valence-electron chi connectivity index (χ3n) is 3.87. The lowest BCUT2D eigenvalue weighted by Gasteiger charge is -2.19.